The predicted molar refractivity (Wildman–Crippen MR) is 122 cm³/mol. The molecule has 1 N–H and O–H groups in total. The topological polar surface area (TPSA) is 99.5 Å². The number of nitrogens with one attached hydrogen (secondary N) is 1. The molecule has 0 spiro atoms. The zero-order valence-electron chi connectivity index (χ0n) is 18.3. The summed E-state index contributed by atoms with van der Waals surface area (Å²) < 4.78 is 60.3. The Labute approximate surface area is 203 Å². The number of halogens is 4. The second-order valence-electron chi connectivity index (χ2n) is 7.14. The zero-order chi connectivity index (χ0) is 26.0. The number of thiophene rings is 1. The molecule has 2 aromatic carbocycles. The lowest BCUT2D eigenvalue weighted by Gasteiger charge is -2.12. The van der Waals surface area contributed by atoms with Crippen molar-refractivity contribution in [1.82, 2.24) is 9.78 Å². The molecule has 2 aromatic heterocycles. The van der Waals surface area contributed by atoms with E-state index < -0.39 is 35.4 Å². The number of carbonyl (C=O) groups excluding carboxylic acids is 2. The van der Waals surface area contributed by atoms with Crippen LogP contribution in [0, 0.1) is 5.82 Å². The highest BCUT2D eigenvalue weighted by Crippen LogP contribution is 2.31. The molecule has 13 heteroatoms. The summed E-state index contributed by atoms with van der Waals surface area (Å²) in [7, 11) is 0. The van der Waals surface area contributed by atoms with E-state index in [9.17, 15) is 31.9 Å². The number of benzene rings is 2. The maximum Gasteiger partial charge on any atom is 0.573 e. The van der Waals surface area contributed by atoms with Crippen molar-refractivity contribution < 1.29 is 36.6 Å². The molecule has 0 aliphatic carbocycles. The fourth-order valence-corrected chi connectivity index (χ4v) is 4.16. The second kappa shape index (κ2) is 9.77. The Morgan fingerprint density at radius 3 is 2.36 bits per heavy atom. The van der Waals surface area contributed by atoms with Crippen LogP contribution >= 0.6 is 11.3 Å². The van der Waals surface area contributed by atoms with Gasteiger partial charge in [0, 0.05) is 16.3 Å². The summed E-state index contributed by atoms with van der Waals surface area (Å²) in [5.41, 5.74) is -0.832. The van der Waals surface area contributed by atoms with Crippen molar-refractivity contribution in [3.05, 3.63) is 81.3 Å². The van der Waals surface area contributed by atoms with Crippen molar-refractivity contribution in [3.63, 3.8) is 0 Å². The van der Waals surface area contributed by atoms with Crippen LogP contribution in [0.15, 0.2) is 58.7 Å². The van der Waals surface area contributed by atoms with Crippen molar-refractivity contribution in [1.29, 1.82) is 0 Å². The van der Waals surface area contributed by atoms with Crippen LogP contribution in [0.2, 0.25) is 0 Å². The van der Waals surface area contributed by atoms with Gasteiger partial charge < -0.3 is 14.8 Å². The maximum atomic E-state index is 13.4. The van der Waals surface area contributed by atoms with Gasteiger partial charge >= 0.3 is 12.3 Å². The van der Waals surface area contributed by atoms with E-state index in [0.717, 1.165) is 52.4 Å². The van der Waals surface area contributed by atoms with E-state index in [4.69, 9.17) is 4.74 Å². The first-order valence-electron chi connectivity index (χ1n) is 10.2. The highest BCUT2D eigenvalue weighted by atomic mass is 32.1. The number of fused-ring (bicyclic) bond motifs is 1. The third kappa shape index (κ3) is 5.20. The standard InChI is InChI=1S/C23H15F4N3O5S/c1-2-34-22(33)18-16-11-36-20(28-19(31)12-3-5-13(24)6-4-12)17(16)21(32)30(29-18)14-7-9-15(10-8-14)35-23(25,26)27/h3-11H,2H2,1H3,(H,28,31). The van der Waals surface area contributed by atoms with Gasteiger partial charge in [-0.1, -0.05) is 0 Å². The molecule has 8 nitrogen and oxygen atoms in total. The average Bonchev–Trinajstić information content (AvgIpc) is 3.23. The molecule has 4 aromatic rings. The minimum Gasteiger partial charge on any atom is -0.461 e. The number of nitrogens with zero attached hydrogens (tertiary/aromatic N) is 2. The molecule has 0 atom stereocenters. The lowest BCUT2D eigenvalue weighted by molar-refractivity contribution is -0.274. The van der Waals surface area contributed by atoms with E-state index in [1.165, 1.54) is 17.5 Å². The average molecular weight is 521 g/mol. The number of ether oxygens (including phenoxy) is 2. The summed E-state index contributed by atoms with van der Waals surface area (Å²) in [6, 6.07) is 8.99. The van der Waals surface area contributed by atoms with E-state index >= 15 is 0 Å². The van der Waals surface area contributed by atoms with E-state index in [1.54, 1.807) is 6.92 Å². The Balaban J connectivity index is 1.81. The Bertz CT molecular complexity index is 1500. The second-order valence-corrected chi connectivity index (χ2v) is 8.02. The first-order valence-corrected chi connectivity index (χ1v) is 11.1. The van der Waals surface area contributed by atoms with Crippen LogP contribution in [-0.2, 0) is 4.74 Å². The number of aromatic nitrogens is 2. The number of rotatable bonds is 6. The SMILES string of the molecule is CCOC(=O)c1nn(-c2ccc(OC(F)(F)F)cc2)c(=O)c2c(NC(=O)c3ccc(F)cc3)scc12. The fraction of sp³-hybridized carbons (Fsp3) is 0.130. The normalized spacial score (nSPS) is 11.4. The molecule has 0 radical (unpaired) electrons. The minimum atomic E-state index is -4.90. The molecular formula is C23H15F4N3O5S. The Morgan fingerprint density at radius 1 is 1.08 bits per heavy atom. The third-order valence-electron chi connectivity index (χ3n) is 4.77. The van der Waals surface area contributed by atoms with E-state index in [-0.39, 0.29) is 39.3 Å². The maximum absolute atomic E-state index is 13.4. The van der Waals surface area contributed by atoms with Crippen LogP contribution in [0.3, 0.4) is 0 Å². The summed E-state index contributed by atoms with van der Waals surface area (Å²) in [5.74, 6) is -2.53. The van der Waals surface area contributed by atoms with Crippen LogP contribution in [0.25, 0.3) is 16.5 Å². The summed E-state index contributed by atoms with van der Waals surface area (Å²) in [5, 5.41) is 8.23. The van der Waals surface area contributed by atoms with Crippen LogP contribution < -0.4 is 15.6 Å². The third-order valence-corrected chi connectivity index (χ3v) is 5.66. The molecule has 1 amide bonds. The molecule has 0 saturated carbocycles. The summed E-state index contributed by atoms with van der Waals surface area (Å²) in [6.07, 6.45) is -4.90. The van der Waals surface area contributed by atoms with E-state index in [0.29, 0.717) is 0 Å². The van der Waals surface area contributed by atoms with Gasteiger partial charge in [-0.25, -0.2) is 9.18 Å². The highest BCUT2D eigenvalue weighted by Gasteiger charge is 2.31. The van der Waals surface area contributed by atoms with Crippen molar-refractivity contribution in [2.75, 3.05) is 11.9 Å². The van der Waals surface area contributed by atoms with Gasteiger partial charge in [-0.05, 0) is 55.5 Å². The summed E-state index contributed by atoms with van der Waals surface area (Å²) in [4.78, 5) is 38.6. The van der Waals surface area contributed by atoms with Crippen molar-refractivity contribution in [2.45, 2.75) is 13.3 Å². The Morgan fingerprint density at radius 2 is 1.75 bits per heavy atom. The number of hydrogen-bond acceptors (Lipinski definition) is 7. The van der Waals surface area contributed by atoms with Gasteiger partial charge in [-0.15, -0.1) is 24.5 Å². The van der Waals surface area contributed by atoms with Gasteiger partial charge in [0.05, 0.1) is 17.7 Å². The fourth-order valence-electron chi connectivity index (χ4n) is 3.23. The van der Waals surface area contributed by atoms with Gasteiger partial charge in [0.2, 0.25) is 0 Å². The molecular weight excluding hydrogens is 506 g/mol. The number of esters is 1. The lowest BCUT2D eigenvalue weighted by Crippen LogP contribution is -2.25. The molecule has 2 heterocycles. The van der Waals surface area contributed by atoms with Crippen LogP contribution in [0.5, 0.6) is 5.75 Å². The quantitative estimate of drug-likeness (QED) is 0.286. The summed E-state index contributed by atoms with van der Waals surface area (Å²) in [6.45, 7) is 1.59. The van der Waals surface area contributed by atoms with Gasteiger partial charge in [-0.3, -0.25) is 9.59 Å². The number of amides is 1. The van der Waals surface area contributed by atoms with Crippen LogP contribution in [0.1, 0.15) is 27.8 Å². The number of carbonyl (C=O) groups is 2. The van der Waals surface area contributed by atoms with Gasteiger partial charge in [0.1, 0.15) is 16.6 Å². The monoisotopic (exact) mass is 521 g/mol. The summed E-state index contributed by atoms with van der Waals surface area (Å²) >= 11 is 0.953. The molecule has 36 heavy (non-hydrogen) atoms. The number of alkyl halides is 3. The number of anilines is 1. The Kier molecular flexibility index (Phi) is 6.75. The first kappa shape index (κ1) is 24.9. The van der Waals surface area contributed by atoms with Crippen molar-refractivity contribution in [2.24, 2.45) is 0 Å². The lowest BCUT2D eigenvalue weighted by atomic mass is 10.2. The largest absolute Gasteiger partial charge is 0.573 e. The van der Waals surface area contributed by atoms with Gasteiger partial charge in [0.15, 0.2) is 5.69 Å². The van der Waals surface area contributed by atoms with E-state index in [1.807, 2.05) is 0 Å². The molecule has 0 unspecified atom stereocenters. The van der Waals surface area contributed by atoms with Crippen LogP contribution in [0.4, 0.5) is 22.6 Å². The molecule has 0 fully saturated rings. The molecule has 0 aliphatic heterocycles. The predicted octanol–water partition coefficient (Wildman–Crippen LogP) is 4.91. The molecule has 186 valence electrons. The first-order chi connectivity index (χ1) is 17.1. The number of hydrogen-bond donors (Lipinski definition) is 1. The van der Waals surface area contributed by atoms with Crippen molar-refractivity contribution in [3.8, 4) is 11.4 Å². The van der Waals surface area contributed by atoms with Crippen LogP contribution in [-0.4, -0.2) is 34.6 Å². The molecule has 0 bridgehead atoms. The van der Waals surface area contributed by atoms with Gasteiger partial charge in [-0.2, -0.15) is 9.78 Å². The zero-order valence-corrected chi connectivity index (χ0v) is 19.1. The Hall–Kier alpha value is -4.26. The molecule has 4 rings (SSSR count). The molecule has 0 saturated heterocycles. The minimum absolute atomic E-state index is 0.0168. The van der Waals surface area contributed by atoms with E-state index in [2.05, 4.69) is 15.2 Å². The van der Waals surface area contributed by atoms with Crippen molar-refractivity contribution >= 4 is 39.0 Å². The van der Waals surface area contributed by atoms with Gasteiger partial charge in [0.25, 0.3) is 11.5 Å². The smallest absolute Gasteiger partial charge is 0.461 e. The molecule has 0 aliphatic rings. The highest BCUT2D eigenvalue weighted by molar-refractivity contribution is 7.16.